The summed E-state index contributed by atoms with van der Waals surface area (Å²) in [4.78, 5) is 25.2. The molecule has 1 atom stereocenters. The molecule has 5 nitrogen and oxygen atoms in total. The third-order valence-corrected chi connectivity index (χ3v) is 5.70. The van der Waals surface area contributed by atoms with E-state index in [1.165, 1.54) is 24.2 Å². The Labute approximate surface area is 158 Å². The third kappa shape index (κ3) is 6.78. The Morgan fingerprint density at radius 2 is 2.08 bits per heavy atom. The van der Waals surface area contributed by atoms with Gasteiger partial charge in [0.1, 0.15) is 5.25 Å². The van der Waals surface area contributed by atoms with Crippen molar-refractivity contribution in [2.75, 3.05) is 7.05 Å². The zero-order valence-electron chi connectivity index (χ0n) is 14.4. The molecule has 25 heavy (non-hydrogen) atoms. The van der Waals surface area contributed by atoms with Gasteiger partial charge in [0.2, 0.25) is 0 Å². The fourth-order valence-electron chi connectivity index (χ4n) is 3.11. The lowest BCUT2D eigenvalue weighted by atomic mass is 9.86. The van der Waals surface area contributed by atoms with Crippen molar-refractivity contribution in [1.82, 2.24) is 9.62 Å². The van der Waals surface area contributed by atoms with Gasteiger partial charge in [-0.25, -0.2) is 4.79 Å². The second-order valence-electron chi connectivity index (χ2n) is 6.58. The zero-order valence-corrected chi connectivity index (χ0v) is 16.0. The monoisotopic (exact) mass is 384 g/mol. The molecule has 1 aliphatic carbocycles. The van der Waals surface area contributed by atoms with E-state index in [4.69, 9.17) is 11.6 Å². The number of rotatable bonds is 7. The lowest BCUT2D eigenvalue weighted by molar-refractivity contribution is -0.136. The average Bonchev–Trinajstić information content (AvgIpc) is 2.59. The van der Waals surface area contributed by atoms with Crippen LogP contribution in [-0.2, 0) is 11.3 Å². The number of carbonyl (C=O) groups excluding carboxylic acids is 1. The van der Waals surface area contributed by atoms with Crippen LogP contribution in [0.5, 0.6) is 0 Å². The van der Waals surface area contributed by atoms with Crippen molar-refractivity contribution in [2.45, 2.75) is 50.3 Å². The Hall–Kier alpha value is -1.40. The minimum Gasteiger partial charge on any atom is -0.480 e. The number of hydrogen-bond donors (Lipinski definition) is 2. The molecule has 1 aromatic carbocycles. The number of amides is 2. The van der Waals surface area contributed by atoms with Crippen LogP contribution < -0.4 is 4.72 Å². The van der Waals surface area contributed by atoms with Crippen molar-refractivity contribution in [3.63, 3.8) is 0 Å². The van der Waals surface area contributed by atoms with Gasteiger partial charge < -0.3 is 10.0 Å². The van der Waals surface area contributed by atoms with E-state index < -0.39 is 11.2 Å². The highest BCUT2D eigenvalue weighted by Gasteiger charge is 2.25. The van der Waals surface area contributed by atoms with E-state index in [-0.39, 0.29) is 6.03 Å². The summed E-state index contributed by atoms with van der Waals surface area (Å²) in [6.07, 6.45) is 6.39. The molecular weight excluding hydrogens is 360 g/mol. The van der Waals surface area contributed by atoms with Crippen molar-refractivity contribution in [3.05, 3.63) is 34.9 Å². The van der Waals surface area contributed by atoms with Crippen molar-refractivity contribution in [1.29, 1.82) is 0 Å². The molecule has 1 saturated carbocycles. The molecule has 2 N–H and O–H groups in total. The average molecular weight is 385 g/mol. The second kappa shape index (κ2) is 9.92. The number of carboxylic acid groups (broad SMARTS) is 1. The molecule has 0 heterocycles. The summed E-state index contributed by atoms with van der Waals surface area (Å²) in [7, 11) is 1.67. The molecule has 1 aliphatic rings. The molecule has 2 rings (SSSR count). The smallest absolute Gasteiger partial charge is 0.327 e. The SMILES string of the molecule is CN(Cc1cccc(Cl)c1)C(=O)NS[C@@H](CC1CCCCC1)C(=O)O. The Morgan fingerprint density at radius 1 is 1.36 bits per heavy atom. The Morgan fingerprint density at radius 3 is 2.72 bits per heavy atom. The Kier molecular flexibility index (Phi) is 7.90. The van der Waals surface area contributed by atoms with E-state index in [1.54, 1.807) is 13.1 Å². The van der Waals surface area contributed by atoms with Gasteiger partial charge in [0.25, 0.3) is 0 Å². The van der Waals surface area contributed by atoms with Crippen LogP contribution in [0.1, 0.15) is 44.1 Å². The maximum Gasteiger partial charge on any atom is 0.327 e. The van der Waals surface area contributed by atoms with Crippen LogP contribution in [-0.4, -0.2) is 34.3 Å². The highest BCUT2D eigenvalue weighted by atomic mass is 35.5. The van der Waals surface area contributed by atoms with Crippen molar-refractivity contribution in [2.24, 2.45) is 5.92 Å². The first-order valence-corrected chi connectivity index (χ1v) is 9.85. The van der Waals surface area contributed by atoms with Crippen LogP contribution in [0.15, 0.2) is 24.3 Å². The zero-order chi connectivity index (χ0) is 18.2. The maximum absolute atomic E-state index is 12.2. The number of halogens is 1. The van der Waals surface area contributed by atoms with Gasteiger partial charge in [-0.1, -0.05) is 55.8 Å². The van der Waals surface area contributed by atoms with Crippen LogP contribution in [0, 0.1) is 5.92 Å². The van der Waals surface area contributed by atoms with Crippen LogP contribution in [0.25, 0.3) is 0 Å². The summed E-state index contributed by atoms with van der Waals surface area (Å²) < 4.78 is 2.68. The van der Waals surface area contributed by atoms with Crippen molar-refractivity contribution < 1.29 is 14.7 Å². The van der Waals surface area contributed by atoms with E-state index in [9.17, 15) is 14.7 Å². The molecule has 0 bridgehead atoms. The summed E-state index contributed by atoms with van der Waals surface area (Å²) in [6, 6.07) is 7.01. The van der Waals surface area contributed by atoms with Crippen LogP contribution in [0.4, 0.5) is 4.79 Å². The van der Waals surface area contributed by atoms with Crippen LogP contribution >= 0.6 is 23.5 Å². The quantitative estimate of drug-likeness (QED) is 0.676. The minimum atomic E-state index is -0.867. The fourth-order valence-corrected chi connectivity index (χ4v) is 4.19. The van der Waals surface area contributed by atoms with Gasteiger partial charge in [-0.3, -0.25) is 9.52 Å². The summed E-state index contributed by atoms with van der Waals surface area (Å²) in [5.74, 6) is -0.420. The number of carboxylic acids is 1. The number of nitrogens with one attached hydrogen (secondary N) is 1. The van der Waals surface area contributed by atoms with Gasteiger partial charge in [0, 0.05) is 18.6 Å². The standard InChI is InChI=1S/C18H25ClN2O3S/c1-21(12-14-8-5-9-15(19)10-14)18(24)20-25-16(17(22)23)11-13-6-3-2-4-7-13/h5,8-10,13,16H,2-4,6-7,11-12H2,1H3,(H,20,24)(H,22,23)/t16-/m0/s1. The largest absolute Gasteiger partial charge is 0.480 e. The van der Waals surface area contributed by atoms with Gasteiger partial charge in [0.15, 0.2) is 0 Å². The predicted octanol–water partition coefficient (Wildman–Crippen LogP) is 4.55. The van der Waals surface area contributed by atoms with E-state index in [0.717, 1.165) is 30.4 Å². The number of benzene rings is 1. The molecule has 0 unspecified atom stereocenters. The van der Waals surface area contributed by atoms with Gasteiger partial charge >= 0.3 is 12.0 Å². The summed E-state index contributed by atoms with van der Waals surface area (Å²) in [5, 5.41) is 9.44. The lowest BCUT2D eigenvalue weighted by Crippen LogP contribution is -2.36. The maximum atomic E-state index is 12.2. The Balaban J connectivity index is 1.81. The first kappa shape index (κ1) is 19.9. The number of nitrogens with zero attached hydrogens (tertiary/aromatic N) is 1. The molecule has 7 heteroatoms. The van der Waals surface area contributed by atoms with Gasteiger partial charge in [-0.2, -0.15) is 0 Å². The summed E-state index contributed by atoms with van der Waals surface area (Å²) in [5.41, 5.74) is 0.923. The van der Waals surface area contributed by atoms with E-state index in [2.05, 4.69) is 4.72 Å². The highest BCUT2D eigenvalue weighted by Crippen LogP contribution is 2.30. The predicted molar refractivity (Wildman–Crippen MR) is 102 cm³/mol. The molecule has 0 aliphatic heterocycles. The topological polar surface area (TPSA) is 69.6 Å². The highest BCUT2D eigenvalue weighted by molar-refractivity contribution is 7.99. The Bertz CT molecular complexity index is 593. The second-order valence-corrected chi connectivity index (χ2v) is 8.02. The molecule has 0 radical (unpaired) electrons. The summed E-state index contributed by atoms with van der Waals surface area (Å²) in [6.45, 7) is 0.410. The van der Waals surface area contributed by atoms with E-state index in [1.807, 2.05) is 18.2 Å². The lowest BCUT2D eigenvalue weighted by Gasteiger charge is -2.25. The fraction of sp³-hybridized carbons (Fsp3) is 0.556. The third-order valence-electron chi connectivity index (χ3n) is 4.49. The molecule has 138 valence electrons. The van der Waals surface area contributed by atoms with Crippen molar-refractivity contribution in [3.8, 4) is 0 Å². The molecule has 2 amide bonds. The first-order valence-electron chi connectivity index (χ1n) is 8.59. The molecular formula is C18H25ClN2O3S. The van der Waals surface area contributed by atoms with Crippen LogP contribution in [0.2, 0.25) is 5.02 Å². The van der Waals surface area contributed by atoms with E-state index >= 15 is 0 Å². The van der Waals surface area contributed by atoms with E-state index in [0.29, 0.717) is 23.9 Å². The minimum absolute atomic E-state index is 0.306. The molecule has 0 spiro atoms. The normalized spacial score (nSPS) is 16.2. The number of hydrogen-bond acceptors (Lipinski definition) is 3. The van der Waals surface area contributed by atoms with Gasteiger partial charge in [0.05, 0.1) is 0 Å². The molecule has 1 aromatic rings. The van der Waals surface area contributed by atoms with Crippen LogP contribution in [0.3, 0.4) is 0 Å². The van der Waals surface area contributed by atoms with Crippen molar-refractivity contribution >= 4 is 35.5 Å². The van der Waals surface area contributed by atoms with Gasteiger partial charge in [-0.05, 0) is 42.0 Å². The van der Waals surface area contributed by atoms with Gasteiger partial charge in [-0.15, -0.1) is 0 Å². The first-order chi connectivity index (χ1) is 12.0. The number of aliphatic carboxylic acids is 1. The summed E-state index contributed by atoms with van der Waals surface area (Å²) >= 11 is 6.96. The molecule has 0 aromatic heterocycles. The number of carbonyl (C=O) groups is 2. The molecule has 0 saturated heterocycles. The molecule has 1 fully saturated rings. The number of urea groups is 1.